The number of allylic oxidation sites excluding steroid dienone is 7. The van der Waals surface area contributed by atoms with Crippen LogP contribution in [0.15, 0.2) is 59.3 Å². The minimum atomic E-state index is -0.450. The maximum absolute atomic E-state index is 9.82. The van der Waals surface area contributed by atoms with Gasteiger partial charge in [0.05, 0.1) is 12.7 Å². The highest BCUT2D eigenvalue weighted by Crippen LogP contribution is 2.20. The molecule has 2 N–H and O–H groups in total. The van der Waals surface area contributed by atoms with E-state index in [1.165, 1.54) is 11.1 Å². The molecule has 0 aromatic heterocycles. The Morgan fingerprint density at radius 2 is 2.15 bits per heavy atom. The molecule has 2 aliphatic rings. The van der Waals surface area contributed by atoms with E-state index in [0.717, 1.165) is 25.1 Å². The third-order valence-electron chi connectivity index (χ3n) is 3.44. The smallest absolute Gasteiger partial charge is 0.0813 e. The standard InChI is InChI=1S/C17H23NO2/c1-20-13-17(19)12-14-4-2-3-5-15(7-6-14)16-8-10-18-11-9-16/h2-8,17-19H,9-13H2,1H3/b3-2+,4-2?,5-3?,7-6?,14-4?,14-6?,15-5+,15-7?. The fourth-order valence-corrected chi connectivity index (χ4v) is 2.40. The summed E-state index contributed by atoms with van der Waals surface area (Å²) < 4.78 is 4.97. The molecule has 0 fully saturated rings. The molecule has 3 nitrogen and oxygen atoms in total. The number of hydrogen-bond donors (Lipinski definition) is 2. The molecule has 1 aliphatic heterocycles. The van der Waals surface area contributed by atoms with Crippen molar-refractivity contribution >= 4 is 0 Å². The van der Waals surface area contributed by atoms with Crippen LogP contribution in [0.4, 0.5) is 0 Å². The van der Waals surface area contributed by atoms with Crippen molar-refractivity contribution in [3.63, 3.8) is 0 Å². The third kappa shape index (κ3) is 4.60. The normalized spacial score (nSPS) is 24.8. The Kier molecular flexibility index (Phi) is 5.99. The molecule has 0 saturated carbocycles. The molecular weight excluding hydrogens is 250 g/mol. The van der Waals surface area contributed by atoms with Gasteiger partial charge in [-0.2, -0.15) is 0 Å². The molecule has 0 amide bonds. The van der Waals surface area contributed by atoms with Crippen LogP contribution in [-0.2, 0) is 4.74 Å². The highest BCUT2D eigenvalue weighted by Gasteiger charge is 2.08. The Labute approximate surface area is 121 Å². The molecule has 1 unspecified atom stereocenters. The van der Waals surface area contributed by atoms with Crippen LogP contribution in [0.25, 0.3) is 0 Å². The molecule has 1 heterocycles. The lowest BCUT2D eigenvalue weighted by atomic mass is 9.96. The molecule has 0 bridgehead atoms. The summed E-state index contributed by atoms with van der Waals surface area (Å²) in [7, 11) is 1.61. The van der Waals surface area contributed by atoms with Gasteiger partial charge >= 0.3 is 0 Å². The molecule has 0 aromatic carbocycles. The largest absolute Gasteiger partial charge is 0.390 e. The zero-order valence-electron chi connectivity index (χ0n) is 12.0. The summed E-state index contributed by atoms with van der Waals surface area (Å²) in [5.41, 5.74) is 3.77. The van der Waals surface area contributed by atoms with E-state index < -0.39 is 6.10 Å². The fraction of sp³-hybridized carbons (Fsp3) is 0.412. The van der Waals surface area contributed by atoms with Crippen molar-refractivity contribution in [3.05, 3.63) is 59.3 Å². The second-order valence-electron chi connectivity index (χ2n) is 5.08. The summed E-state index contributed by atoms with van der Waals surface area (Å²) in [5, 5.41) is 13.1. The van der Waals surface area contributed by atoms with Crippen LogP contribution in [0.2, 0.25) is 0 Å². The number of ether oxygens (including phenoxy) is 1. The van der Waals surface area contributed by atoms with Crippen LogP contribution < -0.4 is 5.32 Å². The Bertz CT molecular complexity index is 469. The number of methoxy groups -OCH3 is 1. The Balaban J connectivity index is 2.04. The van der Waals surface area contributed by atoms with Gasteiger partial charge in [0.2, 0.25) is 0 Å². The molecule has 0 saturated heterocycles. The van der Waals surface area contributed by atoms with E-state index in [2.05, 4.69) is 35.7 Å². The van der Waals surface area contributed by atoms with E-state index in [4.69, 9.17) is 4.74 Å². The minimum absolute atomic E-state index is 0.369. The van der Waals surface area contributed by atoms with E-state index >= 15 is 0 Å². The van der Waals surface area contributed by atoms with E-state index in [1.54, 1.807) is 7.11 Å². The van der Waals surface area contributed by atoms with Crippen LogP contribution in [0, 0.1) is 0 Å². The summed E-state index contributed by atoms with van der Waals surface area (Å²) in [5.74, 6) is 0. The highest BCUT2D eigenvalue weighted by molar-refractivity contribution is 5.46. The van der Waals surface area contributed by atoms with Gasteiger partial charge < -0.3 is 15.2 Å². The number of aliphatic hydroxyl groups excluding tert-OH is 1. The number of nitrogens with one attached hydrogen (secondary N) is 1. The molecule has 20 heavy (non-hydrogen) atoms. The second kappa shape index (κ2) is 8.00. The summed E-state index contributed by atoms with van der Waals surface area (Å²) in [6.07, 6.45) is 16.0. The molecule has 3 heteroatoms. The van der Waals surface area contributed by atoms with Gasteiger partial charge in [0.1, 0.15) is 0 Å². The highest BCUT2D eigenvalue weighted by atomic mass is 16.5. The van der Waals surface area contributed by atoms with Crippen LogP contribution in [0.5, 0.6) is 0 Å². The first-order chi connectivity index (χ1) is 9.79. The van der Waals surface area contributed by atoms with Crippen molar-refractivity contribution in [2.75, 3.05) is 26.8 Å². The lowest BCUT2D eigenvalue weighted by molar-refractivity contribution is 0.0655. The molecule has 108 valence electrons. The zero-order valence-corrected chi connectivity index (χ0v) is 12.0. The van der Waals surface area contributed by atoms with Gasteiger partial charge in [-0.1, -0.05) is 42.5 Å². The van der Waals surface area contributed by atoms with E-state index in [-0.39, 0.29) is 0 Å². The molecule has 1 aliphatic carbocycles. The average Bonchev–Trinajstić information content (AvgIpc) is 2.43. The van der Waals surface area contributed by atoms with Crippen molar-refractivity contribution < 1.29 is 9.84 Å². The van der Waals surface area contributed by atoms with Crippen LogP contribution >= 0.6 is 0 Å². The van der Waals surface area contributed by atoms with Crippen LogP contribution in [0.1, 0.15) is 12.8 Å². The Hall–Kier alpha value is -1.42. The van der Waals surface area contributed by atoms with Gasteiger partial charge in [-0.05, 0) is 29.7 Å². The second-order valence-corrected chi connectivity index (χ2v) is 5.08. The average molecular weight is 273 g/mol. The van der Waals surface area contributed by atoms with Gasteiger partial charge in [-0.25, -0.2) is 0 Å². The minimum Gasteiger partial charge on any atom is -0.390 e. The summed E-state index contributed by atoms with van der Waals surface area (Å²) in [4.78, 5) is 0. The molecule has 0 aromatic rings. The maximum Gasteiger partial charge on any atom is 0.0813 e. The van der Waals surface area contributed by atoms with E-state index in [0.29, 0.717) is 13.0 Å². The van der Waals surface area contributed by atoms with Crippen LogP contribution in [-0.4, -0.2) is 38.0 Å². The van der Waals surface area contributed by atoms with Crippen molar-refractivity contribution in [1.82, 2.24) is 5.32 Å². The van der Waals surface area contributed by atoms with Crippen molar-refractivity contribution in [2.45, 2.75) is 18.9 Å². The SMILES string of the molecule is COCC(O)CC1=C/C=C/C=C(/C2=CCNCC2)C=C1. The topological polar surface area (TPSA) is 41.5 Å². The van der Waals surface area contributed by atoms with Crippen molar-refractivity contribution in [1.29, 1.82) is 0 Å². The maximum atomic E-state index is 9.82. The molecule has 0 spiro atoms. The first kappa shape index (κ1) is 15.0. The molecule has 0 radical (unpaired) electrons. The van der Waals surface area contributed by atoms with Gasteiger partial charge in [0, 0.05) is 20.1 Å². The summed E-state index contributed by atoms with van der Waals surface area (Å²) in [6.45, 7) is 2.35. The fourth-order valence-electron chi connectivity index (χ4n) is 2.40. The van der Waals surface area contributed by atoms with Gasteiger partial charge in [-0.15, -0.1) is 0 Å². The zero-order chi connectivity index (χ0) is 14.2. The number of hydrogen-bond acceptors (Lipinski definition) is 3. The quantitative estimate of drug-likeness (QED) is 0.807. The third-order valence-corrected chi connectivity index (χ3v) is 3.44. The van der Waals surface area contributed by atoms with E-state index in [1.807, 2.05) is 12.2 Å². The number of rotatable bonds is 5. The van der Waals surface area contributed by atoms with E-state index in [9.17, 15) is 5.11 Å². The Morgan fingerprint density at radius 1 is 1.30 bits per heavy atom. The monoisotopic (exact) mass is 273 g/mol. The van der Waals surface area contributed by atoms with Gasteiger partial charge in [-0.3, -0.25) is 0 Å². The lowest BCUT2D eigenvalue weighted by Crippen LogP contribution is -2.20. The van der Waals surface area contributed by atoms with Crippen molar-refractivity contribution in [3.8, 4) is 0 Å². The lowest BCUT2D eigenvalue weighted by Gasteiger charge is -2.16. The first-order valence-electron chi connectivity index (χ1n) is 7.12. The van der Waals surface area contributed by atoms with Gasteiger partial charge in [0.15, 0.2) is 0 Å². The summed E-state index contributed by atoms with van der Waals surface area (Å²) in [6, 6.07) is 0. The van der Waals surface area contributed by atoms with Crippen LogP contribution in [0.3, 0.4) is 0 Å². The van der Waals surface area contributed by atoms with Gasteiger partial charge in [0.25, 0.3) is 0 Å². The Morgan fingerprint density at radius 3 is 2.90 bits per heavy atom. The number of aliphatic hydroxyl groups is 1. The molecular formula is C17H23NO2. The van der Waals surface area contributed by atoms with Crippen molar-refractivity contribution in [2.24, 2.45) is 0 Å². The predicted octanol–water partition coefficient (Wildman–Crippen LogP) is 2.28. The molecule has 2 rings (SSSR count). The predicted molar refractivity (Wildman–Crippen MR) is 82.5 cm³/mol. The summed E-state index contributed by atoms with van der Waals surface area (Å²) >= 11 is 0. The molecule has 1 atom stereocenters. The first-order valence-corrected chi connectivity index (χ1v) is 7.12.